The molecular weight excluding hydrogens is 274 g/mol. The van der Waals surface area contributed by atoms with E-state index in [9.17, 15) is 5.26 Å². The predicted molar refractivity (Wildman–Crippen MR) is 83.2 cm³/mol. The number of nitriles is 1. The number of ether oxygens (including phenoxy) is 1. The van der Waals surface area contributed by atoms with Gasteiger partial charge in [-0.15, -0.1) is 0 Å². The summed E-state index contributed by atoms with van der Waals surface area (Å²) in [6.07, 6.45) is 4.84. The fourth-order valence-electron chi connectivity index (χ4n) is 3.03. The van der Waals surface area contributed by atoms with Crippen LogP contribution in [-0.2, 0) is 0 Å². The van der Waals surface area contributed by atoms with Gasteiger partial charge in [0.2, 0.25) is 0 Å². The number of nitrogens with zero attached hydrogens (tertiary/aromatic N) is 2. The van der Waals surface area contributed by atoms with E-state index in [1.807, 2.05) is 26.0 Å². The van der Waals surface area contributed by atoms with E-state index in [2.05, 4.69) is 16.3 Å². The lowest BCUT2D eigenvalue weighted by Gasteiger charge is -2.11. The van der Waals surface area contributed by atoms with Crippen molar-refractivity contribution in [3.63, 3.8) is 0 Å². The molecule has 1 aromatic carbocycles. The van der Waals surface area contributed by atoms with Gasteiger partial charge in [-0.1, -0.05) is 0 Å². The first kappa shape index (κ1) is 13.4. The van der Waals surface area contributed by atoms with Crippen molar-refractivity contribution < 1.29 is 4.74 Å². The molecule has 2 fully saturated rings. The van der Waals surface area contributed by atoms with Gasteiger partial charge in [-0.2, -0.15) is 10.4 Å². The Balaban J connectivity index is 1.71. The second kappa shape index (κ2) is 4.88. The lowest BCUT2D eigenvalue weighted by atomic mass is 10.0. The Labute approximate surface area is 130 Å². The molecule has 1 aromatic heterocycles. The quantitative estimate of drug-likeness (QED) is 0.906. The van der Waals surface area contributed by atoms with Gasteiger partial charge in [-0.25, -0.2) is 0 Å². The highest BCUT2D eigenvalue weighted by molar-refractivity contribution is 5.50. The van der Waals surface area contributed by atoms with Gasteiger partial charge in [0.25, 0.3) is 0 Å². The Morgan fingerprint density at radius 3 is 2.32 bits per heavy atom. The molecule has 0 amide bonds. The van der Waals surface area contributed by atoms with Gasteiger partial charge >= 0.3 is 0 Å². The summed E-state index contributed by atoms with van der Waals surface area (Å²) in [5.74, 6) is 2.88. The second-order valence-corrected chi connectivity index (χ2v) is 6.55. The molecule has 2 aliphatic rings. The average Bonchev–Trinajstić information content (AvgIpc) is 3.39. The zero-order chi connectivity index (χ0) is 15.3. The smallest absolute Gasteiger partial charge is 0.171 e. The van der Waals surface area contributed by atoms with E-state index in [1.165, 1.54) is 25.7 Å². The van der Waals surface area contributed by atoms with Gasteiger partial charge in [0.1, 0.15) is 11.4 Å². The van der Waals surface area contributed by atoms with Crippen LogP contribution in [0.4, 0.5) is 0 Å². The van der Waals surface area contributed by atoms with E-state index in [0.717, 1.165) is 39.6 Å². The molecule has 4 rings (SSSR count). The molecule has 4 nitrogen and oxygen atoms in total. The highest BCUT2D eigenvalue weighted by atomic mass is 16.5. The Bertz CT molecular complexity index is 724. The topological polar surface area (TPSA) is 61.7 Å². The van der Waals surface area contributed by atoms with E-state index >= 15 is 0 Å². The summed E-state index contributed by atoms with van der Waals surface area (Å²) in [4.78, 5) is 0. The number of nitrogens with one attached hydrogen (secondary N) is 1. The number of H-pyrrole nitrogens is 1. The molecule has 0 unspecified atom stereocenters. The molecule has 22 heavy (non-hydrogen) atoms. The number of benzene rings is 1. The molecular formula is C18H19N3O. The van der Waals surface area contributed by atoms with Gasteiger partial charge < -0.3 is 4.74 Å². The maximum Gasteiger partial charge on any atom is 0.171 e. The van der Waals surface area contributed by atoms with Crippen LogP contribution in [0.2, 0.25) is 0 Å². The first-order valence-electron chi connectivity index (χ1n) is 7.94. The number of rotatable bonds is 4. The van der Waals surface area contributed by atoms with Crippen molar-refractivity contribution in [3.8, 4) is 17.6 Å². The van der Waals surface area contributed by atoms with Crippen LogP contribution in [0.15, 0.2) is 12.1 Å². The van der Waals surface area contributed by atoms with Crippen molar-refractivity contribution in [2.24, 2.45) is 0 Å². The minimum atomic E-state index is 0.555. The number of aromatic nitrogens is 2. The monoisotopic (exact) mass is 293 g/mol. The van der Waals surface area contributed by atoms with Crippen LogP contribution in [0.25, 0.3) is 0 Å². The lowest BCUT2D eigenvalue weighted by molar-refractivity contribution is 0.469. The Hall–Kier alpha value is -2.28. The zero-order valence-corrected chi connectivity index (χ0v) is 12.9. The molecule has 0 aliphatic heterocycles. The van der Waals surface area contributed by atoms with E-state index in [-0.39, 0.29) is 0 Å². The minimum Gasteiger partial charge on any atom is -0.453 e. The third-order valence-electron chi connectivity index (χ3n) is 4.56. The molecule has 2 aromatic rings. The molecule has 2 saturated carbocycles. The van der Waals surface area contributed by atoms with Crippen molar-refractivity contribution in [3.05, 3.63) is 40.2 Å². The third-order valence-corrected chi connectivity index (χ3v) is 4.56. The van der Waals surface area contributed by atoms with E-state index in [1.54, 1.807) is 0 Å². The van der Waals surface area contributed by atoms with Gasteiger partial charge in [-0.05, 0) is 62.8 Å². The van der Waals surface area contributed by atoms with E-state index in [0.29, 0.717) is 11.8 Å². The van der Waals surface area contributed by atoms with Gasteiger partial charge in [0.15, 0.2) is 5.75 Å². The first-order valence-corrected chi connectivity index (χ1v) is 7.94. The summed E-state index contributed by atoms with van der Waals surface area (Å²) in [5, 5.41) is 16.9. The first-order chi connectivity index (χ1) is 10.7. The SMILES string of the molecule is Cc1cc(Oc2c(C3CC3)n[nH]c2C2CC2)cc(C)c1C#N. The molecule has 4 heteroatoms. The number of hydrogen-bond acceptors (Lipinski definition) is 3. The van der Waals surface area contributed by atoms with Crippen LogP contribution >= 0.6 is 0 Å². The van der Waals surface area contributed by atoms with E-state index in [4.69, 9.17) is 4.74 Å². The molecule has 1 heterocycles. The van der Waals surface area contributed by atoms with Crippen LogP contribution in [0, 0.1) is 25.2 Å². The maximum absolute atomic E-state index is 9.19. The Morgan fingerprint density at radius 1 is 1.14 bits per heavy atom. The van der Waals surface area contributed by atoms with Crippen LogP contribution in [0.1, 0.15) is 65.6 Å². The summed E-state index contributed by atoms with van der Waals surface area (Å²) in [7, 11) is 0. The molecule has 0 atom stereocenters. The van der Waals surface area contributed by atoms with Crippen molar-refractivity contribution in [1.82, 2.24) is 10.2 Å². The number of aromatic amines is 1. The largest absolute Gasteiger partial charge is 0.453 e. The predicted octanol–water partition coefficient (Wildman–Crippen LogP) is 4.45. The molecule has 0 radical (unpaired) electrons. The molecule has 112 valence electrons. The second-order valence-electron chi connectivity index (χ2n) is 6.55. The normalized spacial score (nSPS) is 17.3. The zero-order valence-electron chi connectivity index (χ0n) is 12.9. The van der Waals surface area contributed by atoms with Gasteiger partial charge in [0, 0.05) is 11.8 Å². The molecule has 2 aliphatic carbocycles. The summed E-state index contributed by atoms with van der Waals surface area (Å²) in [5.41, 5.74) is 4.90. The van der Waals surface area contributed by atoms with Crippen LogP contribution < -0.4 is 4.74 Å². The molecule has 0 bridgehead atoms. The fourth-order valence-corrected chi connectivity index (χ4v) is 3.03. The summed E-state index contributed by atoms with van der Waals surface area (Å²) >= 11 is 0. The summed E-state index contributed by atoms with van der Waals surface area (Å²) < 4.78 is 6.24. The van der Waals surface area contributed by atoms with Crippen LogP contribution in [0.5, 0.6) is 11.5 Å². The lowest BCUT2D eigenvalue weighted by Crippen LogP contribution is -1.94. The van der Waals surface area contributed by atoms with Gasteiger partial charge in [-0.3, -0.25) is 5.10 Å². The standard InChI is InChI=1S/C18H19N3O/c1-10-7-14(8-11(2)15(10)9-19)22-18-16(12-3-4-12)20-21-17(18)13-5-6-13/h7-8,12-13H,3-6H2,1-2H3,(H,20,21). The van der Waals surface area contributed by atoms with Crippen LogP contribution in [0.3, 0.4) is 0 Å². The van der Waals surface area contributed by atoms with Gasteiger partial charge in [0.05, 0.1) is 17.3 Å². The van der Waals surface area contributed by atoms with Crippen LogP contribution in [-0.4, -0.2) is 10.2 Å². The number of hydrogen-bond donors (Lipinski definition) is 1. The fraction of sp³-hybridized carbons (Fsp3) is 0.444. The Kier molecular flexibility index (Phi) is 2.97. The highest BCUT2D eigenvalue weighted by Crippen LogP contribution is 2.50. The van der Waals surface area contributed by atoms with Crippen molar-refractivity contribution >= 4 is 0 Å². The maximum atomic E-state index is 9.19. The average molecular weight is 293 g/mol. The van der Waals surface area contributed by atoms with Crippen molar-refractivity contribution in [2.45, 2.75) is 51.4 Å². The number of aryl methyl sites for hydroxylation is 2. The molecule has 0 spiro atoms. The van der Waals surface area contributed by atoms with Crippen molar-refractivity contribution in [2.75, 3.05) is 0 Å². The third kappa shape index (κ3) is 2.27. The summed E-state index contributed by atoms with van der Waals surface area (Å²) in [6.45, 7) is 3.91. The van der Waals surface area contributed by atoms with E-state index < -0.39 is 0 Å². The molecule has 0 saturated heterocycles. The van der Waals surface area contributed by atoms with Crippen molar-refractivity contribution in [1.29, 1.82) is 5.26 Å². The highest BCUT2D eigenvalue weighted by Gasteiger charge is 2.36. The summed E-state index contributed by atoms with van der Waals surface area (Å²) in [6, 6.07) is 6.16. The molecule has 1 N–H and O–H groups in total. The Morgan fingerprint density at radius 2 is 1.77 bits per heavy atom. The minimum absolute atomic E-state index is 0.555.